The van der Waals surface area contributed by atoms with Crippen LogP contribution in [0.5, 0.6) is 0 Å². The highest BCUT2D eigenvalue weighted by molar-refractivity contribution is 7.89. The average molecular weight is 376 g/mol. The van der Waals surface area contributed by atoms with E-state index in [2.05, 4.69) is 4.98 Å². The Bertz CT molecular complexity index is 872. The summed E-state index contributed by atoms with van der Waals surface area (Å²) in [5.41, 5.74) is 2.76. The zero-order valence-electron chi connectivity index (χ0n) is 14.6. The number of nitrogens with zero attached hydrogens (tertiary/aromatic N) is 2. The first-order chi connectivity index (χ1) is 12.3. The van der Waals surface area contributed by atoms with E-state index in [1.54, 1.807) is 35.4 Å². The van der Waals surface area contributed by atoms with Gasteiger partial charge in [0.25, 0.3) is 5.91 Å². The van der Waals surface area contributed by atoms with Gasteiger partial charge in [-0.1, -0.05) is 18.2 Å². The van der Waals surface area contributed by atoms with Crippen molar-refractivity contribution in [2.24, 2.45) is 0 Å². The first-order valence-electron chi connectivity index (χ1n) is 8.48. The monoisotopic (exact) mass is 376 g/mol. The number of pyridine rings is 1. The maximum Gasteiger partial charge on any atom is 0.253 e. The zero-order valence-corrected chi connectivity index (χ0v) is 15.4. The SMILES string of the molecule is CS(=O)(=O)Cc1ccc(-c2ccc(C(=O)N3CCC(F)CC3)cc2)nc1. The van der Waals surface area contributed by atoms with Crippen molar-refractivity contribution in [3.05, 3.63) is 53.7 Å². The Morgan fingerprint density at radius 2 is 1.81 bits per heavy atom. The summed E-state index contributed by atoms with van der Waals surface area (Å²) in [6.45, 7) is 0.899. The molecule has 0 unspecified atom stereocenters. The molecule has 1 aromatic carbocycles. The van der Waals surface area contributed by atoms with Crippen molar-refractivity contribution < 1.29 is 17.6 Å². The van der Waals surface area contributed by atoms with Crippen LogP contribution in [0.2, 0.25) is 0 Å². The summed E-state index contributed by atoms with van der Waals surface area (Å²) >= 11 is 0. The fraction of sp³-hybridized carbons (Fsp3) is 0.368. The van der Waals surface area contributed by atoms with Gasteiger partial charge in [-0.05, 0) is 36.6 Å². The quantitative estimate of drug-likeness (QED) is 0.823. The number of piperidine rings is 1. The Morgan fingerprint density at radius 3 is 2.35 bits per heavy atom. The van der Waals surface area contributed by atoms with Crippen LogP contribution >= 0.6 is 0 Å². The first-order valence-corrected chi connectivity index (χ1v) is 10.5. The third kappa shape index (κ3) is 4.66. The highest BCUT2D eigenvalue weighted by atomic mass is 32.2. The number of sulfone groups is 1. The van der Waals surface area contributed by atoms with Gasteiger partial charge in [-0.3, -0.25) is 9.78 Å². The second kappa shape index (κ2) is 7.53. The van der Waals surface area contributed by atoms with E-state index >= 15 is 0 Å². The molecule has 0 radical (unpaired) electrons. The molecule has 5 nitrogen and oxygen atoms in total. The molecule has 3 rings (SSSR count). The van der Waals surface area contributed by atoms with Gasteiger partial charge < -0.3 is 4.90 Å². The Hall–Kier alpha value is -2.28. The van der Waals surface area contributed by atoms with Gasteiger partial charge in [0.15, 0.2) is 9.84 Å². The molecule has 138 valence electrons. The van der Waals surface area contributed by atoms with Crippen LogP contribution in [0.25, 0.3) is 11.3 Å². The summed E-state index contributed by atoms with van der Waals surface area (Å²) in [7, 11) is -3.09. The lowest BCUT2D eigenvalue weighted by Gasteiger charge is -2.28. The number of amides is 1. The van der Waals surface area contributed by atoms with E-state index in [0.717, 1.165) is 5.56 Å². The number of carbonyl (C=O) groups is 1. The molecule has 26 heavy (non-hydrogen) atoms. The van der Waals surface area contributed by atoms with Crippen molar-refractivity contribution in [3.63, 3.8) is 0 Å². The van der Waals surface area contributed by atoms with E-state index in [9.17, 15) is 17.6 Å². The molecule has 7 heteroatoms. The largest absolute Gasteiger partial charge is 0.338 e. The Morgan fingerprint density at radius 1 is 1.15 bits per heavy atom. The summed E-state index contributed by atoms with van der Waals surface area (Å²) < 4.78 is 35.8. The molecule has 0 spiro atoms. The molecule has 1 amide bonds. The van der Waals surface area contributed by atoms with E-state index < -0.39 is 16.0 Å². The zero-order chi connectivity index (χ0) is 18.7. The standard InChI is InChI=1S/C19H21FN2O3S/c1-26(24,25)13-14-2-7-18(21-12-14)15-3-5-16(6-4-15)19(23)22-10-8-17(20)9-11-22/h2-7,12,17H,8-11,13H2,1H3. The van der Waals surface area contributed by atoms with Crippen LogP contribution in [-0.4, -0.2) is 49.7 Å². The van der Waals surface area contributed by atoms with Crippen molar-refractivity contribution in [2.45, 2.75) is 24.8 Å². The molecule has 2 aromatic rings. The molecule has 0 aliphatic carbocycles. The van der Waals surface area contributed by atoms with E-state index in [1.807, 2.05) is 12.1 Å². The molecule has 0 N–H and O–H groups in total. The fourth-order valence-corrected chi connectivity index (χ4v) is 3.78. The maximum atomic E-state index is 13.2. The normalized spacial score (nSPS) is 15.8. The van der Waals surface area contributed by atoms with Gasteiger partial charge in [-0.15, -0.1) is 0 Å². The van der Waals surface area contributed by atoms with Gasteiger partial charge in [0, 0.05) is 36.7 Å². The van der Waals surface area contributed by atoms with Crippen LogP contribution in [0.15, 0.2) is 42.6 Å². The number of hydrogen-bond acceptors (Lipinski definition) is 4. The smallest absolute Gasteiger partial charge is 0.253 e. The molecular formula is C19H21FN2O3S. The molecule has 0 atom stereocenters. The van der Waals surface area contributed by atoms with E-state index in [-0.39, 0.29) is 11.7 Å². The number of carbonyl (C=O) groups excluding carboxylic acids is 1. The lowest BCUT2D eigenvalue weighted by Crippen LogP contribution is -2.39. The van der Waals surface area contributed by atoms with Crippen molar-refractivity contribution >= 4 is 15.7 Å². The van der Waals surface area contributed by atoms with Gasteiger partial charge in [0.1, 0.15) is 6.17 Å². The number of alkyl halides is 1. The summed E-state index contributed by atoms with van der Waals surface area (Å²) in [6.07, 6.45) is 2.72. The molecule has 1 aliphatic heterocycles. The fourth-order valence-electron chi connectivity index (χ4n) is 3.00. The molecule has 1 fully saturated rings. The van der Waals surface area contributed by atoms with Gasteiger partial charge in [0.2, 0.25) is 0 Å². The van der Waals surface area contributed by atoms with Crippen LogP contribution in [0.1, 0.15) is 28.8 Å². The molecule has 1 aromatic heterocycles. The summed E-state index contributed by atoms with van der Waals surface area (Å²) in [5, 5.41) is 0. The predicted octanol–water partition coefficient (Wildman–Crippen LogP) is 2.87. The molecule has 1 saturated heterocycles. The van der Waals surface area contributed by atoms with Crippen molar-refractivity contribution in [3.8, 4) is 11.3 Å². The Balaban J connectivity index is 1.70. The topological polar surface area (TPSA) is 67.3 Å². The number of halogens is 1. The predicted molar refractivity (Wildman–Crippen MR) is 98.3 cm³/mol. The number of hydrogen-bond donors (Lipinski definition) is 0. The molecule has 2 heterocycles. The number of rotatable bonds is 4. The minimum absolute atomic E-state index is 0.0384. The number of aromatic nitrogens is 1. The van der Waals surface area contributed by atoms with Crippen molar-refractivity contribution in [1.82, 2.24) is 9.88 Å². The van der Waals surface area contributed by atoms with Crippen molar-refractivity contribution in [2.75, 3.05) is 19.3 Å². The second-order valence-electron chi connectivity index (χ2n) is 6.67. The lowest BCUT2D eigenvalue weighted by molar-refractivity contribution is 0.0667. The second-order valence-corrected chi connectivity index (χ2v) is 8.81. The van der Waals surface area contributed by atoms with E-state index in [1.165, 1.54) is 6.26 Å². The Labute approximate surface area is 152 Å². The van der Waals surface area contributed by atoms with Gasteiger partial charge in [-0.2, -0.15) is 0 Å². The number of benzene rings is 1. The minimum Gasteiger partial charge on any atom is -0.338 e. The number of likely N-dealkylation sites (tertiary alicyclic amines) is 1. The molecular weight excluding hydrogens is 355 g/mol. The van der Waals surface area contributed by atoms with Crippen molar-refractivity contribution in [1.29, 1.82) is 0 Å². The third-order valence-corrected chi connectivity index (χ3v) is 5.25. The van der Waals surface area contributed by atoms with Crippen LogP contribution in [0, 0.1) is 0 Å². The van der Waals surface area contributed by atoms with Crippen LogP contribution in [-0.2, 0) is 15.6 Å². The van der Waals surface area contributed by atoms with Gasteiger partial charge in [-0.25, -0.2) is 12.8 Å². The third-order valence-electron chi connectivity index (χ3n) is 4.39. The molecule has 0 bridgehead atoms. The van der Waals surface area contributed by atoms with Crippen LogP contribution < -0.4 is 0 Å². The van der Waals surface area contributed by atoms with Crippen LogP contribution in [0.4, 0.5) is 4.39 Å². The minimum atomic E-state index is -3.09. The van der Waals surface area contributed by atoms with E-state index in [4.69, 9.17) is 0 Å². The molecule has 0 saturated carbocycles. The lowest BCUT2D eigenvalue weighted by atomic mass is 10.0. The highest BCUT2D eigenvalue weighted by Crippen LogP contribution is 2.21. The van der Waals surface area contributed by atoms with Gasteiger partial charge in [0.05, 0.1) is 11.4 Å². The van der Waals surface area contributed by atoms with Gasteiger partial charge >= 0.3 is 0 Å². The van der Waals surface area contributed by atoms with Crippen LogP contribution in [0.3, 0.4) is 0 Å². The molecule has 1 aliphatic rings. The average Bonchev–Trinajstić information content (AvgIpc) is 2.61. The first kappa shape index (κ1) is 18.5. The summed E-state index contributed by atoms with van der Waals surface area (Å²) in [4.78, 5) is 18.5. The van der Waals surface area contributed by atoms with E-state index in [0.29, 0.717) is 42.8 Å². The summed E-state index contributed by atoms with van der Waals surface area (Å²) in [5.74, 6) is -0.122. The highest BCUT2D eigenvalue weighted by Gasteiger charge is 2.23. The maximum absolute atomic E-state index is 13.2. The Kier molecular flexibility index (Phi) is 5.36. The summed E-state index contributed by atoms with van der Waals surface area (Å²) in [6, 6.07) is 10.6.